The van der Waals surface area contributed by atoms with Crippen LogP contribution in [-0.4, -0.2) is 47.7 Å². The monoisotopic (exact) mass is 374 g/mol. The van der Waals surface area contributed by atoms with Crippen LogP contribution in [0.4, 0.5) is 8.78 Å². The molecule has 7 heteroatoms. The van der Waals surface area contributed by atoms with Crippen LogP contribution in [0.5, 0.6) is 0 Å². The Morgan fingerprint density at radius 1 is 1.22 bits per heavy atom. The normalized spacial score (nSPS) is 20.7. The summed E-state index contributed by atoms with van der Waals surface area (Å²) in [6, 6.07) is 6.68. The Morgan fingerprint density at radius 2 is 1.93 bits per heavy atom. The van der Waals surface area contributed by atoms with Crippen LogP contribution in [0.15, 0.2) is 42.7 Å². The molecule has 1 atom stereocenters. The summed E-state index contributed by atoms with van der Waals surface area (Å²) < 4.78 is 38.5. The van der Waals surface area contributed by atoms with Crippen LogP contribution >= 0.6 is 0 Å². The van der Waals surface area contributed by atoms with Gasteiger partial charge in [0.1, 0.15) is 17.2 Å². The number of hydrogen-bond acceptors (Lipinski definition) is 4. The summed E-state index contributed by atoms with van der Waals surface area (Å²) in [6.07, 6.45) is 4.32. The molecule has 3 heterocycles. The van der Waals surface area contributed by atoms with Crippen molar-refractivity contribution in [1.29, 1.82) is 0 Å². The van der Waals surface area contributed by atoms with Crippen molar-refractivity contribution in [3.8, 4) is 0 Å². The van der Waals surface area contributed by atoms with E-state index in [1.54, 1.807) is 17.3 Å². The van der Waals surface area contributed by atoms with E-state index in [1.165, 1.54) is 0 Å². The molecule has 4 rings (SSSR count). The zero-order valence-corrected chi connectivity index (χ0v) is 14.7. The molecule has 0 radical (unpaired) electrons. The van der Waals surface area contributed by atoms with E-state index in [0.717, 1.165) is 30.2 Å². The molecule has 27 heavy (non-hydrogen) atoms. The third kappa shape index (κ3) is 3.70. The predicted octanol–water partition coefficient (Wildman–Crippen LogP) is 2.81. The average Bonchev–Trinajstić information content (AvgIpc) is 3.04. The Bertz CT molecular complexity index is 805. The van der Waals surface area contributed by atoms with E-state index in [0.29, 0.717) is 32.9 Å². The van der Waals surface area contributed by atoms with Crippen LogP contribution in [0.3, 0.4) is 0 Å². The van der Waals surface area contributed by atoms with E-state index in [2.05, 4.69) is 4.98 Å². The van der Waals surface area contributed by atoms with Crippen molar-refractivity contribution in [2.75, 3.05) is 26.3 Å². The SMILES string of the molecule is O=C(c1cc(F)cc(F)c1)N1CC2(C1)OCC[C@H]2COCc1ccncc1. The molecular weight excluding hydrogens is 354 g/mol. The van der Waals surface area contributed by atoms with Gasteiger partial charge in [-0.3, -0.25) is 9.78 Å². The van der Waals surface area contributed by atoms with Crippen molar-refractivity contribution in [1.82, 2.24) is 9.88 Å². The van der Waals surface area contributed by atoms with Gasteiger partial charge < -0.3 is 14.4 Å². The minimum Gasteiger partial charge on any atom is -0.376 e. The third-order valence-corrected chi connectivity index (χ3v) is 5.25. The number of halogens is 2. The Kier molecular flexibility index (Phi) is 4.88. The van der Waals surface area contributed by atoms with Crippen molar-refractivity contribution < 1.29 is 23.0 Å². The Hall–Kier alpha value is -2.38. The zero-order valence-electron chi connectivity index (χ0n) is 14.7. The lowest BCUT2D eigenvalue weighted by atomic mass is 9.81. The van der Waals surface area contributed by atoms with Gasteiger partial charge in [-0.15, -0.1) is 0 Å². The topological polar surface area (TPSA) is 51.7 Å². The van der Waals surface area contributed by atoms with Gasteiger partial charge in [0, 0.05) is 36.5 Å². The quantitative estimate of drug-likeness (QED) is 0.808. The number of carbonyl (C=O) groups is 1. The van der Waals surface area contributed by atoms with E-state index in [9.17, 15) is 13.6 Å². The summed E-state index contributed by atoms with van der Waals surface area (Å²) in [5, 5.41) is 0. The van der Waals surface area contributed by atoms with Crippen LogP contribution < -0.4 is 0 Å². The minimum atomic E-state index is -0.756. The number of rotatable bonds is 5. The molecule has 2 fully saturated rings. The van der Waals surface area contributed by atoms with E-state index >= 15 is 0 Å². The number of amides is 1. The number of nitrogens with zero attached hydrogens (tertiary/aromatic N) is 2. The van der Waals surface area contributed by atoms with Gasteiger partial charge in [-0.25, -0.2) is 8.78 Å². The van der Waals surface area contributed by atoms with E-state index < -0.39 is 17.2 Å². The number of pyridine rings is 1. The van der Waals surface area contributed by atoms with Gasteiger partial charge in [0.25, 0.3) is 5.91 Å². The highest BCUT2D eigenvalue weighted by Gasteiger charge is 2.54. The van der Waals surface area contributed by atoms with Gasteiger partial charge in [-0.1, -0.05) is 0 Å². The van der Waals surface area contributed by atoms with Gasteiger partial charge in [-0.05, 0) is 36.2 Å². The molecule has 0 aliphatic carbocycles. The first-order valence-corrected chi connectivity index (χ1v) is 8.92. The third-order valence-electron chi connectivity index (χ3n) is 5.25. The largest absolute Gasteiger partial charge is 0.376 e. The highest BCUT2D eigenvalue weighted by molar-refractivity contribution is 5.95. The number of carbonyl (C=O) groups excluding carboxylic acids is 1. The summed E-state index contributed by atoms with van der Waals surface area (Å²) in [4.78, 5) is 18.0. The number of aromatic nitrogens is 1. The van der Waals surface area contributed by atoms with Crippen molar-refractivity contribution in [2.24, 2.45) is 5.92 Å². The molecule has 5 nitrogen and oxygen atoms in total. The molecule has 2 aromatic rings. The number of benzene rings is 1. The first-order chi connectivity index (χ1) is 13.1. The first kappa shape index (κ1) is 18.0. The Labute approximate surface area is 155 Å². The first-order valence-electron chi connectivity index (χ1n) is 8.92. The Morgan fingerprint density at radius 3 is 2.63 bits per heavy atom. The molecule has 0 N–H and O–H groups in total. The summed E-state index contributed by atoms with van der Waals surface area (Å²) in [7, 11) is 0. The van der Waals surface area contributed by atoms with Crippen molar-refractivity contribution in [2.45, 2.75) is 18.6 Å². The molecule has 1 aromatic heterocycles. The molecule has 2 aliphatic heterocycles. The van der Waals surface area contributed by atoms with Crippen LogP contribution in [-0.2, 0) is 16.1 Å². The fraction of sp³-hybridized carbons (Fsp3) is 0.400. The molecule has 0 bridgehead atoms. The van der Waals surface area contributed by atoms with Gasteiger partial charge in [0.2, 0.25) is 0 Å². The number of ether oxygens (including phenoxy) is 2. The standard InChI is InChI=1S/C20H20F2N2O3/c21-17-7-15(8-18(22)9-17)19(25)24-12-20(13-24)16(3-6-27-20)11-26-10-14-1-4-23-5-2-14/h1-2,4-5,7-9,16H,3,6,10-13H2/t16-/m0/s1. The highest BCUT2D eigenvalue weighted by atomic mass is 19.1. The van der Waals surface area contributed by atoms with Crippen molar-refractivity contribution in [3.63, 3.8) is 0 Å². The van der Waals surface area contributed by atoms with E-state index in [-0.39, 0.29) is 17.4 Å². The smallest absolute Gasteiger partial charge is 0.254 e. The maximum Gasteiger partial charge on any atom is 0.254 e. The van der Waals surface area contributed by atoms with Gasteiger partial charge >= 0.3 is 0 Å². The minimum absolute atomic E-state index is 0.0193. The van der Waals surface area contributed by atoms with E-state index in [1.807, 2.05) is 12.1 Å². The van der Waals surface area contributed by atoms with Gasteiger partial charge in [0.05, 0.1) is 26.3 Å². The van der Waals surface area contributed by atoms with Crippen molar-refractivity contribution >= 4 is 5.91 Å². The van der Waals surface area contributed by atoms with Crippen LogP contribution in [0.1, 0.15) is 22.3 Å². The summed E-state index contributed by atoms with van der Waals surface area (Å²) >= 11 is 0. The summed E-state index contributed by atoms with van der Waals surface area (Å²) in [5.41, 5.74) is 0.655. The van der Waals surface area contributed by atoms with Crippen LogP contribution in [0.25, 0.3) is 0 Å². The molecule has 0 saturated carbocycles. The Balaban J connectivity index is 1.34. The summed E-state index contributed by atoms with van der Waals surface area (Å²) in [5.74, 6) is -1.71. The lowest BCUT2D eigenvalue weighted by molar-refractivity contribution is -0.129. The van der Waals surface area contributed by atoms with Crippen molar-refractivity contribution in [3.05, 3.63) is 65.5 Å². The predicted molar refractivity (Wildman–Crippen MR) is 92.9 cm³/mol. The molecule has 1 aromatic carbocycles. The molecule has 0 unspecified atom stereocenters. The van der Waals surface area contributed by atoms with E-state index in [4.69, 9.17) is 9.47 Å². The molecule has 1 spiro atoms. The second-order valence-corrected chi connectivity index (χ2v) is 7.09. The fourth-order valence-electron chi connectivity index (χ4n) is 3.77. The lowest BCUT2D eigenvalue weighted by Crippen LogP contribution is -2.66. The van der Waals surface area contributed by atoms with Gasteiger partial charge in [-0.2, -0.15) is 0 Å². The number of hydrogen-bond donors (Lipinski definition) is 0. The van der Waals surface area contributed by atoms with Crippen LogP contribution in [0.2, 0.25) is 0 Å². The van der Waals surface area contributed by atoms with Crippen LogP contribution in [0, 0.1) is 17.6 Å². The maximum atomic E-state index is 13.4. The fourth-order valence-corrected chi connectivity index (χ4v) is 3.77. The molecule has 2 aliphatic rings. The second kappa shape index (κ2) is 7.32. The summed E-state index contributed by atoms with van der Waals surface area (Å²) in [6.45, 7) is 2.49. The second-order valence-electron chi connectivity index (χ2n) is 7.09. The maximum absolute atomic E-state index is 13.4. The van der Waals surface area contributed by atoms with Gasteiger partial charge in [0.15, 0.2) is 0 Å². The molecule has 142 valence electrons. The zero-order chi connectivity index (χ0) is 18.9. The molecule has 2 saturated heterocycles. The molecule has 1 amide bonds. The highest BCUT2D eigenvalue weighted by Crippen LogP contribution is 2.40. The molecular formula is C20H20F2N2O3. The number of likely N-dealkylation sites (tertiary alicyclic amines) is 1. The lowest BCUT2D eigenvalue weighted by Gasteiger charge is -2.50. The average molecular weight is 374 g/mol.